The number of hydrogen-bond acceptors (Lipinski definition) is 2. The zero-order valence-corrected chi connectivity index (χ0v) is 11.0. The number of carbonyl (C=O) groups is 1. The molecule has 96 valence electrons. The lowest BCUT2D eigenvalue weighted by molar-refractivity contribution is 0.0943. The van der Waals surface area contributed by atoms with Gasteiger partial charge in [-0.2, -0.15) is 0 Å². The van der Waals surface area contributed by atoms with E-state index >= 15 is 0 Å². The van der Waals surface area contributed by atoms with Gasteiger partial charge < -0.3 is 11.1 Å². The highest BCUT2D eigenvalue weighted by molar-refractivity contribution is 6.34. The Morgan fingerprint density at radius 3 is 2.72 bits per heavy atom. The Kier molecular flexibility index (Phi) is 2.74. The third-order valence-corrected chi connectivity index (χ3v) is 4.49. The van der Waals surface area contributed by atoms with Crippen molar-refractivity contribution in [3.8, 4) is 0 Å². The maximum Gasteiger partial charge on any atom is 0.252 e. The average Bonchev–Trinajstić information content (AvgIpc) is 3.17. The molecule has 18 heavy (non-hydrogen) atoms. The highest BCUT2D eigenvalue weighted by atomic mass is 35.5. The molecule has 0 heterocycles. The van der Waals surface area contributed by atoms with Crippen LogP contribution in [0.1, 0.15) is 36.0 Å². The minimum atomic E-state index is -0.0908. The molecule has 0 aromatic heterocycles. The Hall–Kier alpha value is -1.22. The molecule has 3 rings (SSSR count). The van der Waals surface area contributed by atoms with Gasteiger partial charge in [0, 0.05) is 12.2 Å². The van der Waals surface area contributed by atoms with Crippen LogP contribution in [0.5, 0.6) is 0 Å². The van der Waals surface area contributed by atoms with Gasteiger partial charge in [0.05, 0.1) is 10.6 Å². The van der Waals surface area contributed by atoms with Crippen LogP contribution in [-0.4, -0.2) is 12.5 Å². The summed E-state index contributed by atoms with van der Waals surface area (Å²) < 4.78 is 0. The third-order valence-electron chi connectivity index (χ3n) is 4.17. The summed E-state index contributed by atoms with van der Waals surface area (Å²) in [6, 6.07) is 5.00. The first kappa shape index (κ1) is 11.8. The number of nitrogens with one attached hydrogen (secondary N) is 1. The predicted octanol–water partition coefficient (Wildman–Crippen LogP) is 2.84. The number of anilines is 1. The first-order chi connectivity index (χ1) is 8.61. The molecule has 1 aromatic carbocycles. The van der Waals surface area contributed by atoms with Crippen molar-refractivity contribution in [3.05, 3.63) is 28.8 Å². The molecule has 0 atom stereocenters. The van der Waals surface area contributed by atoms with E-state index in [2.05, 4.69) is 5.32 Å². The molecule has 1 aromatic rings. The summed E-state index contributed by atoms with van der Waals surface area (Å²) in [6.45, 7) is 0.789. The van der Waals surface area contributed by atoms with Crippen LogP contribution in [0, 0.1) is 11.3 Å². The van der Waals surface area contributed by atoms with Gasteiger partial charge in [0.15, 0.2) is 0 Å². The van der Waals surface area contributed by atoms with Crippen LogP contribution in [-0.2, 0) is 0 Å². The Labute approximate surface area is 112 Å². The minimum absolute atomic E-state index is 0.0908. The topological polar surface area (TPSA) is 55.1 Å². The minimum Gasteiger partial charge on any atom is -0.399 e. The first-order valence-corrected chi connectivity index (χ1v) is 6.82. The molecule has 0 aliphatic heterocycles. The van der Waals surface area contributed by atoms with Crippen LogP contribution in [0.4, 0.5) is 5.69 Å². The molecule has 1 amide bonds. The molecule has 0 unspecified atom stereocenters. The number of hydrogen-bond donors (Lipinski definition) is 2. The van der Waals surface area contributed by atoms with E-state index in [1.165, 1.54) is 25.7 Å². The van der Waals surface area contributed by atoms with Crippen molar-refractivity contribution in [2.24, 2.45) is 11.3 Å². The standard InChI is InChI=1S/C14H17ClN2O/c15-12-7-10(16)3-4-11(12)13(18)17-8-14(5-6-14)9-1-2-9/h3-4,7,9H,1-2,5-6,8,16H2,(H,17,18). The maximum absolute atomic E-state index is 12.1. The van der Waals surface area contributed by atoms with E-state index in [4.69, 9.17) is 17.3 Å². The van der Waals surface area contributed by atoms with Gasteiger partial charge in [-0.1, -0.05) is 11.6 Å². The monoisotopic (exact) mass is 264 g/mol. The zero-order valence-electron chi connectivity index (χ0n) is 10.2. The number of nitrogen functional groups attached to an aromatic ring is 1. The second kappa shape index (κ2) is 4.16. The normalized spacial score (nSPS) is 20.5. The average molecular weight is 265 g/mol. The number of rotatable bonds is 4. The summed E-state index contributed by atoms with van der Waals surface area (Å²) in [7, 11) is 0. The quantitative estimate of drug-likeness (QED) is 0.822. The van der Waals surface area contributed by atoms with Crippen LogP contribution >= 0.6 is 11.6 Å². The molecule has 0 radical (unpaired) electrons. The van der Waals surface area contributed by atoms with Crippen LogP contribution in [0.2, 0.25) is 5.02 Å². The molecule has 2 fully saturated rings. The second-order valence-corrected chi connectivity index (χ2v) is 5.97. The van der Waals surface area contributed by atoms with Gasteiger partial charge in [-0.05, 0) is 55.2 Å². The lowest BCUT2D eigenvalue weighted by Gasteiger charge is -2.15. The molecule has 2 saturated carbocycles. The van der Waals surface area contributed by atoms with Crippen LogP contribution in [0.25, 0.3) is 0 Å². The maximum atomic E-state index is 12.1. The molecular formula is C14H17ClN2O. The predicted molar refractivity (Wildman–Crippen MR) is 72.6 cm³/mol. The van der Waals surface area contributed by atoms with E-state index in [1.807, 2.05) is 0 Å². The molecule has 4 heteroatoms. The molecule has 2 aliphatic carbocycles. The van der Waals surface area contributed by atoms with Gasteiger partial charge in [0.25, 0.3) is 5.91 Å². The Bertz CT molecular complexity index is 493. The molecule has 0 bridgehead atoms. The molecule has 0 spiro atoms. The Morgan fingerprint density at radius 1 is 1.44 bits per heavy atom. The van der Waals surface area contributed by atoms with Gasteiger partial charge in [-0.3, -0.25) is 4.79 Å². The van der Waals surface area contributed by atoms with Crippen molar-refractivity contribution < 1.29 is 4.79 Å². The fourth-order valence-electron chi connectivity index (χ4n) is 2.65. The lowest BCUT2D eigenvalue weighted by Crippen LogP contribution is -2.31. The third kappa shape index (κ3) is 2.19. The van der Waals surface area contributed by atoms with Crippen molar-refractivity contribution in [1.82, 2.24) is 5.32 Å². The smallest absolute Gasteiger partial charge is 0.252 e. The summed E-state index contributed by atoms with van der Waals surface area (Å²) in [5, 5.41) is 3.44. The zero-order chi connectivity index (χ0) is 12.8. The summed E-state index contributed by atoms with van der Waals surface area (Å²) >= 11 is 6.02. The Balaban J connectivity index is 1.64. The fourth-order valence-corrected chi connectivity index (χ4v) is 2.93. The van der Waals surface area contributed by atoms with Gasteiger partial charge in [-0.25, -0.2) is 0 Å². The second-order valence-electron chi connectivity index (χ2n) is 5.56. The van der Waals surface area contributed by atoms with Gasteiger partial charge in [-0.15, -0.1) is 0 Å². The molecular weight excluding hydrogens is 248 g/mol. The van der Waals surface area contributed by atoms with Crippen molar-refractivity contribution in [1.29, 1.82) is 0 Å². The Morgan fingerprint density at radius 2 is 2.17 bits per heavy atom. The molecule has 3 N–H and O–H groups in total. The van der Waals surface area contributed by atoms with Crippen molar-refractivity contribution >= 4 is 23.2 Å². The highest BCUT2D eigenvalue weighted by Crippen LogP contribution is 2.60. The van der Waals surface area contributed by atoms with Crippen molar-refractivity contribution in [2.75, 3.05) is 12.3 Å². The largest absolute Gasteiger partial charge is 0.399 e. The summed E-state index contributed by atoms with van der Waals surface area (Å²) in [6.07, 6.45) is 5.18. The van der Waals surface area contributed by atoms with Crippen LogP contribution in [0.3, 0.4) is 0 Å². The molecule has 3 nitrogen and oxygen atoms in total. The van der Waals surface area contributed by atoms with E-state index in [1.54, 1.807) is 18.2 Å². The molecule has 2 aliphatic rings. The van der Waals surface area contributed by atoms with Crippen LogP contribution < -0.4 is 11.1 Å². The summed E-state index contributed by atoms with van der Waals surface area (Å²) in [5.41, 5.74) is 7.11. The number of halogens is 1. The van der Waals surface area contributed by atoms with Gasteiger partial charge in [0.1, 0.15) is 0 Å². The van der Waals surface area contributed by atoms with Crippen molar-refractivity contribution in [3.63, 3.8) is 0 Å². The fraction of sp³-hybridized carbons (Fsp3) is 0.500. The van der Waals surface area contributed by atoms with E-state index in [0.29, 0.717) is 21.7 Å². The van der Waals surface area contributed by atoms with Gasteiger partial charge in [0.2, 0.25) is 0 Å². The van der Waals surface area contributed by atoms with E-state index in [0.717, 1.165) is 12.5 Å². The summed E-state index contributed by atoms with van der Waals surface area (Å²) in [5.74, 6) is 0.756. The molecule has 0 saturated heterocycles. The van der Waals surface area contributed by atoms with Gasteiger partial charge >= 0.3 is 0 Å². The van der Waals surface area contributed by atoms with E-state index in [-0.39, 0.29) is 5.91 Å². The van der Waals surface area contributed by atoms with E-state index in [9.17, 15) is 4.79 Å². The number of nitrogens with two attached hydrogens (primary N) is 1. The number of benzene rings is 1. The van der Waals surface area contributed by atoms with E-state index < -0.39 is 0 Å². The number of amides is 1. The first-order valence-electron chi connectivity index (χ1n) is 6.44. The highest BCUT2D eigenvalue weighted by Gasteiger charge is 2.53. The van der Waals surface area contributed by atoms with Crippen molar-refractivity contribution in [2.45, 2.75) is 25.7 Å². The number of carbonyl (C=O) groups excluding carboxylic acids is 1. The van der Waals surface area contributed by atoms with Crippen LogP contribution in [0.15, 0.2) is 18.2 Å². The summed E-state index contributed by atoms with van der Waals surface area (Å²) in [4.78, 5) is 12.1. The SMILES string of the molecule is Nc1ccc(C(=O)NCC2(C3CC3)CC2)c(Cl)c1. The lowest BCUT2D eigenvalue weighted by atomic mass is 10.0.